The summed E-state index contributed by atoms with van der Waals surface area (Å²) in [7, 11) is 4.13. The molecule has 1 N–H and O–H groups in total. The SMILES string of the molecule is CNCc1ccc(CN(C)Cc2cccs2)c(Br)c1. The zero-order chi connectivity index (χ0) is 13.7. The molecule has 0 radical (unpaired) electrons. The fraction of sp³-hybridized carbons (Fsp3) is 0.333. The maximum atomic E-state index is 3.67. The van der Waals surface area contributed by atoms with Crippen LogP contribution in [0.1, 0.15) is 16.0 Å². The number of thiophene rings is 1. The molecule has 0 unspecified atom stereocenters. The molecule has 102 valence electrons. The van der Waals surface area contributed by atoms with Crippen LogP contribution < -0.4 is 5.32 Å². The highest BCUT2D eigenvalue weighted by Crippen LogP contribution is 2.21. The number of hydrogen-bond donors (Lipinski definition) is 1. The maximum Gasteiger partial charge on any atom is 0.0328 e. The summed E-state index contributed by atoms with van der Waals surface area (Å²) in [4.78, 5) is 3.74. The van der Waals surface area contributed by atoms with Crippen molar-refractivity contribution in [3.8, 4) is 0 Å². The zero-order valence-corrected chi connectivity index (χ0v) is 13.7. The van der Waals surface area contributed by atoms with Crippen molar-refractivity contribution in [2.75, 3.05) is 14.1 Å². The summed E-state index contributed by atoms with van der Waals surface area (Å²) in [6, 6.07) is 10.9. The molecule has 0 spiro atoms. The lowest BCUT2D eigenvalue weighted by Crippen LogP contribution is -2.17. The van der Waals surface area contributed by atoms with Crippen molar-refractivity contribution >= 4 is 27.3 Å². The third-order valence-corrected chi connectivity index (χ3v) is 4.54. The molecular weight excluding hydrogens is 320 g/mol. The van der Waals surface area contributed by atoms with Crippen molar-refractivity contribution in [2.24, 2.45) is 0 Å². The molecule has 0 aliphatic carbocycles. The van der Waals surface area contributed by atoms with Gasteiger partial charge in [0.25, 0.3) is 0 Å². The topological polar surface area (TPSA) is 15.3 Å². The fourth-order valence-electron chi connectivity index (χ4n) is 2.05. The largest absolute Gasteiger partial charge is 0.316 e. The Balaban J connectivity index is 1.98. The van der Waals surface area contributed by atoms with Gasteiger partial charge in [-0.05, 0) is 42.7 Å². The van der Waals surface area contributed by atoms with Gasteiger partial charge in [0.1, 0.15) is 0 Å². The normalized spacial score (nSPS) is 11.2. The standard InChI is InChI=1S/C15H19BrN2S/c1-17-9-12-5-6-13(15(16)8-12)10-18(2)11-14-4-3-7-19-14/h3-8,17H,9-11H2,1-2H3. The predicted octanol–water partition coefficient (Wildman–Crippen LogP) is 3.86. The van der Waals surface area contributed by atoms with Crippen molar-refractivity contribution in [3.63, 3.8) is 0 Å². The van der Waals surface area contributed by atoms with Crippen molar-refractivity contribution in [2.45, 2.75) is 19.6 Å². The summed E-state index contributed by atoms with van der Waals surface area (Å²) in [5, 5.41) is 5.30. The van der Waals surface area contributed by atoms with Gasteiger partial charge in [-0.3, -0.25) is 4.90 Å². The van der Waals surface area contributed by atoms with Gasteiger partial charge in [0, 0.05) is 29.0 Å². The minimum atomic E-state index is 0.907. The fourth-order valence-corrected chi connectivity index (χ4v) is 3.38. The monoisotopic (exact) mass is 338 g/mol. The minimum absolute atomic E-state index is 0.907. The van der Waals surface area contributed by atoms with Crippen LogP contribution in [0, 0.1) is 0 Å². The van der Waals surface area contributed by atoms with Crippen LogP contribution in [0.15, 0.2) is 40.2 Å². The van der Waals surface area contributed by atoms with E-state index in [9.17, 15) is 0 Å². The highest BCUT2D eigenvalue weighted by atomic mass is 79.9. The highest BCUT2D eigenvalue weighted by molar-refractivity contribution is 9.10. The second-order valence-electron chi connectivity index (χ2n) is 4.71. The number of rotatable bonds is 6. The van der Waals surface area contributed by atoms with Gasteiger partial charge >= 0.3 is 0 Å². The average molecular weight is 339 g/mol. The first-order valence-electron chi connectivity index (χ1n) is 6.32. The summed E-state index contributed by atoms with van der Waals surface area (Å²) < 4.78 is 1.19. The first kappa shape index (κ1) is 14.7. The molecule has 0 saturated heterocycles. The molecule has 4 heteroatoms. The van der Waals surface area contributed by atoms with Gasteiger partial charge in [-0.2, -0.15) is 0 Å². The van der Waals surface area contributed by atoms with E-state index >= 15 is 0 Å². The van der Waals surface area contributed by atoms with Gasteiger partial charge in [0.05, 0.1) is 0 Å². The molecule has 2 aromatic rings. The Kier molecular flexibility index (Phi) is 5.58. The van der Waals surface area contributed by atoms with Crippen molar-refractivity contribution in [3.05, 3.63) is 56.2 Å². The van der Waals surface area contributed by atoms with E-state index in [0.717, 1.165) is 19.6 Å². The van der Waals surface area contributed by atoms with E-state index < -0.39 is 0 Å². The van der Waals surface area contributed by atoms with Gasteiger partial charge in [-0.25, -0.2) is 0 Å². The first-order valence-corrected chi connectivity index (χ1v) is 7.99. The molecule has 1 aromatic carbocycles. The van der Waals surface area contributed by atoms with Crippen LogP contribution in [0.3, 0.4) is 0 Å². The number of nitrogens with one attached hydrogen (secondary N) is 1. The Morgan fingerprint density at radius 2 is 2.11 bits per heavy atom. The Hall–Kier alpha value is -0.680. The summed E-state index contributed by atoms with van der Waals surface area (Å²) in [5.41, 5.74) is 2.64. The third-order valence-electron chi connectivity index (χ3n) is 2.94. The molecule has 0 bridgehead atoms. The molecule has 2 rings (SSSR count). The number of halogens is 1. The molecule has 1 heterocycles. The molecule has 1 aromatic heterocycles. The van der Waals surface area contributed by atoms with E-state index in [-0.39, 0.29) is 0 Å². The molecule has 19 heavy (non-hydrogen) atoms. The summed E-state index contributed by atoms with van der Waals surface area (Å²) in [6.07, 6.45) is 0. The average Bonchev–Trinajstić information content (AvgIpc) is 2.86. The van der Waals surface area contributed by atoms with Crippen molar-refractivity contribution < 1.29 is 0 Å². The van der Waals surface area contributed by atoms with E-state index in [1.54, 1.807) is 0 Å². The Labute approximate surface area is 127 Å². The van der Waals surface area contributed by atoms with E-state index in [4.69, 9.17) is 0 Å². The Bertz CT molecular complexity index is 511. The van der Waals surface area contributed by atoms with E-state index in [2.05, 4.69) is 68.9 Å². The van der Waals surface area contributed by atoms with Gasteiger partial charge in [-0.15, -0.1) is 11.3 Å². The van der Waals surface area contributed by atoms with Crippen LogP contribution in [-0.2, 0) is 19.6 Å². The van der Waals surface area contributed by atoms with Crippen LogP contribution in [0.2, 0.25) is 0 Å². The van der Waals surface area contributed by atoms with Crippen LogP contribution >= 0.6 is 27.3 Å². The molecule has 0 fully saturated rings. The first-order chi connectivity index (χ1) is 9.19. The van der Waals surface area contributed by atoms with Crippen LogP contribution in [0.25, 0.3) is 0 Å². The third kappa shape index (κ3) is 4.42. The number of hydrogen-bond acceptors (Lipinski definition) is 3. The number of nitrogens with zero attached hydrogens (tertiary/aromatic N) is 1. The lowest BCUT2D eigenvalue weighted by Gasteiger charge is -2.17. The van der Waals surface area contributed by atoms with E-state index in [1.165, 1.54) is 20.5 Å². The van der Waals surface area contributed by atoms with Gasteiger partial charge in [0.15, 0.2) is 0 Å². The summed E-state index contributed by atoms with van der Waals surface area (Å²) in [6.45, 7) is 2.87. The summed E-state index contributed by atoms with van der Waals surface area (Å²) >= 11 is 5.49. The second-order valence-corrected chi connectivity index (χ2v) is 6.59. The molecule has 0 aliphatic rings. The second kappa shape index (κ2) is 7.20. The quantitative estimate of drug-likeness (QED) is 0.860. The van der Waals surface area contributed by atoms with Crippen LogP contribution in [0.5, 0.6) is 0 Å². The van der Waals surface area contributed by atoms with Crippen LogP contribution in [-0.4, -0.2) is 19.0 Å². The molecule has 0 amide bonds. The van der Waals surface area contributed by atoms with Crippen LogP contribution in [0.4, 0.5) is 0 Å². The highest BCUT2D eigenvalue weighted by Gasteiger charge is 2.06. The maximum absolute atomic E-state index is 3.67. The number of benzene rings is 1. The summed E-state index contributed by atoms with van der Waals surface area (Å²) in [5.74, 6) is 0. The minimum Gasteiger partial charge on any atom is -0.316 e. The Morgan fingerprint density at radius 1 is 1.26 bits per heavy atom. The lowest BCUT2D eigenvalue weighted by atomic mass is 10.1. The molecule has 0 aliphatic heterocycles. The van der Waals surface area contributed by atoms with Gasteiger partial charge < -0.3 is 5.32 Å². The molecule has 0 saturated carbocycles. The molecule has 2 nitrogen and oxygen atoms in total. The zero-order valence-electron chi connectivity index (χ0n) is 11.3. The van der Waals surface area contributed by atoms with Gasteiger partial charge in [0.2, 0.25) is 0 Å². The van der Waals surface area contributed by atoms with Crippen molar-refractivity contribution in [1.29, 1.82) is 0 Å². The molecule has 0 atom stereocenters. The molecular formula is C15H19BrN2S. The van der Waals surface area contributed by atoms with E-state index in [1.807, 2.05) is 18.4 Å². The predicted molar refractivity (Wildman–Crippen MR) is 86.4 cm³/mol. The van der Waals surface area contributed by atoms with Gasteiger partial charge in [-0.1, -0.05) is 34.1 Å². The van der Waals surface area contributed by atoms with Crippen molar-refractivity contribution in [1.82, 2.24) is 10.2 Å². The van der Waals surface area contributed by atoms with E-state index in [0.29, 0.717) is 0 Å². The smallest absolute Gasteiger partial charge is 0.0328 e. The lowest BCUT2D eigenvalue weighted by molar-refractivity contribution is 0.321. The Morgan fingerprint density at radius 3 is 2.74 bits per heavy atom.